The Morgan fingerprint density at radius 3 is 2.61 bits per heavy atom. The van der Waals surface area contributed by atoms with Crippen LogP contribution in [0.3, 0.4) is 0 Å². The van der Waals surface area contributed by atoms with Crippen LogP contribution in [0.15, 0.2) is 70.8 Å². The molecule has 2 heterocycles. The van der Waals surface area contributed by atoms with E-state index in [1.807, 2.05) is 49.1 Å². The fraction of sp³-hybridized carbons (Fsp3) is 0.424. The van der Waals surface area contributed by atoms with E-state index in [0.29, 0.717) is 24.8 Å². The summed E-state index contributed by atoms with van der Waals surface area (Å²) in [5, 5.41) is 0.478. The SMILES string of the molecule is CCCCC1=NC2(CCCC2)C(=O)N1Cc1ccc(-c2ccccc2N[S+]([O-])c2ccc(C)cn2)c(COCC)c1. The van der Waals surface area contributed by atoms with Crippen LogP contribution in [0.5, 0.6) is 0 Å². The van der Waals surface area contributed by atoms with Crippen LogP contribution < -0.4 is 4.72 Å². The second kappa shape index (κ2) is 13.2. The summed E-state index contributed by atoms with van der Waals surface area (Å²) < 4.78 is 22.2. The van der Waals surface area contributed by atoms with Gasteiger partial charge in [0.05, 0.1) is 18.8 Å². The molecule has 1 aliphatic carbocycles. The van der Waals surface area contributed by atoms with Crippen LogP contribution >= 0.6 is 0 Å². The molecule has 1 aliphatic heterocycles. The number of carbonyl (C=O) groups is 1. The number of hydrogen-bond acceptors (Lipinski definition) is 6. The zero-order chi connectivity index (χ0) is 28.8. The first-order valence-corrected chi connectivity index (χ1v) is 15.9. The summed E-state index contributed by atoms with van der Waals surface area (Å²) in [4.78, 5) is 25.0. The van der Waals surface area contributed by atoms with Gasteiger partial charge in [-0.3, -0.25) is 14.7 Å². The third-order valence-corrected chi connectivity index (χ3v) is 8.98. The second-order valence-corrected chi connectivity index (χ2v) is 12.1. The molecular weight excluding hydrogens is 532 g/mol. The van der Waals surface area contributed by atoms with Crippen LogP contribution in [-0.2, 0) is 34.0 Å². The molecule has 1 saturated carbocycles. The van der Waals surface area contributed by atoms with Crippen molar-refractivity contribution in [1.82, 2.24) is 9.88 Å². The first-order valence-electron chi connectivity index (χ1n) is 14.7. The summed E-state index contributed by atoms with van der Waals surface area (Å²) >= 11 is -1.51. The zero-order valence-corrected chi connectivity index (χ0v) is 25.1. The van der Waals surface area contributed by atoms with Crippen molar-refractivity contribution in [3.63, 3.8) is 0 Å². The van der Waals surface area contributed by atoms with Crippen molar-refractivity contribution in [1.29, 1.82) is 0 Å². The van der Waals surface area contributed by atoms with Gasteiger partial charge >= 0.3 is 0 Å². The maximum absolute atomic E-state index is 13.7. The van der Waals surface area contributed by atoms with Crippen molar-refractivity contribution < 1.29 is 14.1 Å². The first-order chi connectivity index (χ1) is 19.9. The van der Waals surface area contributed by atoms with E-state index in [0.717, 1.165) is 84.3 Å². The Morgan fingerprint density at radius 1 is 1.07 bits per heavy atom. The third kappa shape index (κ3) is 6.50. The number of ether oxygens (including phenoxy) is 1. The molecule has 1 spiro atoms. The van der Waals surface area contributed by atoms with Gasteiger partial charge in [-0.1, -0.05) is 68.7 Å². The van der Waals surface area contributed by atoms with E-state index >= 15 is 0 Å². The monoisotopic (exact) mass is 572 g/mol. The van der Waals surface area contributed by atoms with E-state index in [9.17, 15) is 9.35 Å². The van der Waals surface area contributed by atoms with Crippen molar-refractivity contribution in [2.75, 3.05) is 11.3 Å². The number of unbranched alkanes of at least 4 members (excludes halogenated alkanes) is 1. The van der Waals surface area contributed by atoms with Gasteiger partial charge in [0.25, 0.3) is 10.9 Å². The van der Waals surface area contributed by atoms with E-state index in [4.69, 9.17) is 9.73 Å². The highest BCUT2D eigenvalue weighted by Gasteiger charge is 2.49. The normalized spacial score (nSPS) is 16.8. The van der Waals surface area contributed by atoms with Gasteiger partial charge in [0.1, 0.15) is 22.7 Å². The van der Waals surface area contributed by atoms with Gasteiger partial charge in [0.2, 0.25) is 0 Å². The highest BCUT2D eigenvalue weighted by Crippen LogP contribution is 2.40. The molecule has 1 N–H and O–H groups in total. The highest BCUT2D eigenvalue weighted by atomic mass is 32.2. The maximum atomic E-state index is 13.7. The summed E-state index contributed by atoms with van der Waals surface area (Å²) in [7, 11) is 0. The number of amidine groups is 1. The van der Waals surface area contributed by atoms with Gasteiger partial charge in [-0.2, -0.15) is 0 Å². The summed E-state index contributed by atoms with van der Waals surface area (Å²) in [5.74, 6) is 1.11. The molecule has 41 heavy (non-hydrogen) atoms. The largest absolute Gasteiger partial charge is 0.587 e. The smallest absolute Gasteiger partial charge is 0.271 e. The number of rotatable bonds is 12. The molecule has 7 nitrogen and oxygen atoms in total. The van der Waals surface area contributed by atoms with E-state index in [1.54, 1.807) is 12.3 Å². The molecule has 1 unspecified atom stereocenters. The lowest BCUT2D eigenvalue weighted by molar-refractivity contribution is -0.131. The number of nitrogens with one attached hydrogen (secondary N) is 1. The van der Waals surface area contributed by atoms with E-state index in [2.05, 4.69) is 34.8 Å². The summed E-state index contributed by atoms with van der Waals surface area (Å²) in [6.45, 7) is 7.64. The lowest BCUT2D eigenvalue weighted by atomic mass is 9.95. The molecule has 5 rings (SSSR count). The van der Waals surface area contributed by atoms with E-state index < -0.39 is 16.9 Å². The molecule has 1 amide bonds. The van der Waals surface area contributed by atoms with Crippen molar-refractivity contribution in [2.24, 2.45) is 4.99 Å². The van der Waals surface area contributed by atoms with Crippen LogP contribution in [0.1, 0.15) is 75.5 Å². The van der Waals surface area contributed by atoms with Crippen molar-refractivity contribution >= 4 is 28.8 Å². The Kier molecular flexibility index (Phi) is 9.42. The molecule has 2 aromatic carbocycles. The minimum absolute atomic E-state index is 0.165. The molecule has 1 atom stereocenters. The molecule has 0 radical (unpaired) electrons. The van der Waals surface area contributed by atoms with Crippen LogP contribution in [0.4, 0.5) is 5.69 Å². The molecular formula is C33H40N4O3S. The Balaban J connectivity index is 1.43. The molecule has 3 aromatic rings. The molecule has 216 valence electrons. The van der Waals surface area contributed by atoms with Gasteiger partial charge in [0, 0.05) is 30.9 Å². The Labute approximate surface area is 246 Å². The van der Waals surface area contributed by atoms with Crippen LogP contribution in [0, 0.1) is 6.92 Å². The number of aryl methyl sites for hydroxylation is 1. The average molecular weight is 573 g/mol. The quantitative estimate of drug-likeness (QED) is 0.237. The van der Waals surface area contributed by atoms with Crippen LogP contribution in [-0.4, -0.2) is 38.3 Å². The van der Waals surface area contributed by atoms with Crippen molar-refractivity contribution in [3.05, 3.63) is 77.5 Å². The minimum atomic E-state index is -1.51. The number of nitrogens with zero attached hydrogens (tertiary/aromatic N) is 3. The first kappa shape index (κ1) is 29.3. The lowest BCUT2D eigenvalue weighted by Gasteiger charge is -2.23. The van der Waals surface area contributed by atoms with Crippen molar-refractivity contribution in [2.45, 2.75) is 89.4 Å². The van der Waals surface area contributed by atoms with E-state index in [1.165, 1.54) is 0 Å². The second-order valence-electron chi connectivity index (χ2n) is 11.0. The Morgan fingerprint density at radius 2 is 1.88 bits per heavy atom. The van der Waals surface area contributed by atoms with Gasteiger partial charge in [0.15, 0.2) is 0 Å². The third-order valence-electron chi connectivity index (χ3n) is 7.95. The standard InChI is InChI=1S/C33H40N4O3S/c1-4-6-13-30-35-33(18-9-10-19-33)32(38)37(30)22-25-15-16-27(26(20-25)23-40-5-2)28-11-7-8-12-29(28)36-41(39)31-17-14-24(3)21-34-31/h7-8,11-12,14-17,20-21,36H,4-6,9-10,13,18-19,22-23H2,1-3H3. The average Bonchev–Trinajstić information content (AvgIpc) is 3.56. The van der Waals surface area contributed by atoms with Gasteiger partial charge in [-0.25, -0.2) is 9.71 Å². The fourth-order valence-electron chi connectivity index (χ4n) is 5.74. The predicted molar refractivity (Wildman–Crippen MR) is 165 cm³/mol. The summed E-state index contributed by atoms with van der Waals surface area (Å²) in [6, 6.07) is 17.9. The maximum Gasteiger partial charge on any atom is 0.271 e. The molecule has 2 aliphatic rings. The van der Waals surface area contributed by atoms with Gasteiger partial charge < -0.3 is 9.29 Å². The number of benzene rings is 2. The number of carbonyl (C=O) groups excluding carboxylic acids is 1. The van der Waals surface area contributed by atoms with Crippen molar-refractivity contribution in [3.8, 4) is 11.1 Å². The lowest BCUT2D eigenvalue weighted by Crippen LogP contribution is -2.40. The molecule has 1 fully saturated rings. The van der Waals surface area contributed by atoms with Gasteiger partial charge in [-0.15, -0.1) is 0 Å². The van der Waals surface area contributed by atoms with Gasteiger partial charge in [-0.05, 0) is 61.4 Å². The summed E-state index contributed by atoms with van der Waals surface area (Å²) in [5.41, 5.74) is 5.24. The molecule has 0 bridgehead atoms. The summed E-state index contributed by atoms with van der Waals surface area (Å²) in [6.07, 6.45) is 8.49. The van der Waals surface area contributed by atoms with E-state index in [-0.39, 0.29) is 5.91 Å². The number of anilines is 1. The topological polar surface area (TPSA) is 89.9 Å². The minimum Gasteiger partial charge on any atom is -0.587 e. The number of aliphatic imine (C=N–C) groups is 1. The molecule has 0 saturated heterocycles. The number of aromatic nitrogens is 1. The Bertz CT molecular complexity index is 1390. The predicted octanol–water partition coefficient (Wildman–Crippen LogP) is 6.97. The number of amides is 1. The zero-order valence-electron chi connectivity index (χ0n) is 24.3. The van der Waals surface area contributed by atoms with Crippen LogP contribution in [0.25, 0.3) is 11.1 Å². The number of para-hydroxylation sites is 1. The number of hydrogen-bond donors (Lipinski definition) is 1. The Hall–Kier alpha value is -3.20. The molecule has 8 heteroatoms. The highest BCUT2D eigenvalue weighted by molar-refractivity contribution is 7.92. The molecule has 1 aromatic heterocycles. The number of pyridine rings is 1. The van der Waals surface area contributed by atoms with Crippen LogP contribution in [0.2, 0.25) is 0 Å². The fourth-order valence-corrected chi connectivity index (χ4v) is 6.57.